The van der Waals surface area contributed by atoms with Crippen LogP contribution in [-0.4, -0.2) is 66.8 Å². The Morgan fingerprint density at radius 1 is 0.758 bits per heavy atom. The summed E-state index contributed by atoms with van der Waals surface area (Å²) in [6.45, 7) is 0.568. The normalized spacial score (nSPS) is 18.3. The van der Waals surface area contributed by atoms with Crippen molar-refractivity contribution in [3.8, 4) is 0 Å². The largest absolute Gasteiger partial charge is 0.394 e. The van der Waals surface area contributed by atoms with E-state index in [9.17, 15) is 48.2 Å². The molecule has 6 N–H and O–H groups in total. The quantitative estimate of drug-likeness (QED) is 0.273. The Bertz CT molecular complexity index is 905. The van der Waals surface area contributed by atoms with E-state index in [4.69, 9.17) is 0 Å². The molecule has 0 aromatic heterocycles. The molecule has 6 nitrogen and oxygen atoms in total. The number of benzene rings is 2. The average Bonchev–Trinajstić information content (AvgIpc) is 2.70. The van der Waals surface area contributed by atoms with Crippen molar-refractivity contribution in [2.75, 3.05) is 6.61 Å². The van der Waals surface area contributed by atoms with E-state index in [1.807, 2.05) is 0 Å². The van der Waals surface area contributed by atoms with Crippen molar-refractivity contribution in [2.24, 2.45) is 0 Å². The number of halogens is 4. The van der Waals surface area contributed by atoms with E-state index in [1.54, 1.807) is 6.92 Å². The highest BCUT2D eigenvalue weighted by Gasteiger charge is 2.54. The van der Waals surface area contributed by atoms with Crippen molar-refractivity contribution >= 4 is 0 Å². The minimum atomic E-state index is -2.84. The molecule has 0 spiro atoms. The third kappa shape index (κ3) is 6.50. The standard InChI is InChI=1S/C23H28F4O6/c1-2-3-22(32,10-13-4-15(24)8-16(25)5-13)21(31)23(33,20(30)19(29)12-28)11-14-6-17(26)9-18(27)7-14/h4-9,19-21,28-33H,2-3,10-12H2,1H3/t19-,20+,21+,22?,23+/m0/s1. The van der Waals surface area contributed by atoms with Gasteiger partial charge in [0.2, 0.25) is 0 Å². The van der Waals surface area contributed by atoms with Crippen LogP contribution in [0.2, 0.25) is 0 Å². The second kappa shape index (κ2) is 10.9. The Morgan fingerprint density at radius 2 is 1.18 bits per heavy atom. The van der Waals surface area contributed by atoms with Crippen LogP contribution in [0.1, 0.15) is 30.9 Å². The molecule has 0 radical (unpaired) electrons. The van der Waals surface area contributed by atoms with E-state index in [-0.39, 0.29) is 24.0 Å². The molecule has 2 aromatic carbocycles. The van der Waals surface area contributed by atoms with Crippen molar-refractivity contribution in [1.29, 1.82) is 0 Å². The second-order valence-corrected chi connectivity index (χ2v) is 8.35. The van der Waals surface area contributed by atoms with Crippen LogP contribution in [0.4, 0.5) is 17.6 Å². The fraction of sp³-hybridized carbons (Fsp3) is 0.478. The molecule has 0 fully saturated rings. The van der Waals surface area contributed by atoms with Crippen LogP contribution in [-0.2, 0) is 12.8 Å². The molecule has 0 heterocycles. The van der Waals surface area contributed by atoms with Gasteiger partial charge in [0, 0.05) is 25.0 Å². The van der Waals surface area contributed by atoms with Crippen LogP contribution in [0.25, 0.3) is 0 Å². The van der Waals surface area contributed by atoms with Crippen LogP contribution >= 0.6 is 0 Å². The molecule has 0 bridgehead atoms. The molecule has 33 heavy (non-hydrogen) atoms. The van der Waals surface area contributed by atoms with Gasteiger partial charge in [-0.15, -0.1) is 0 Å². The lowest BCUT2D eigenvalue weighted by Gasteiger charge is -2.46. The molecule has 0 aliphatic heterocycles. The lowest BCUT2D eigenvalue weighted by Crippen LogP contribution is -2.66. The van der Waals surface area contributed by atoms with Crippen LogP contribution < -0.4 is 0 Å². The van der Waals surface area contributed by atoms with Gasteiger partial charge in [-0.3, -0.25) is 0 Å². The van der Waals surface area contributed by atoms with E-state index in [1.165, 1.54) is 0 Å². The molecule has 184 valence electrons. The molecule has 1 unspecified atom stereocenters. The lowest BCUT2D eigenvalue weighted by atomic mass is 9.71. The van der Waals surface area contributed by atoms with Gasteiger partial charge in [0.15, 0.2) is 0 Å². The Kier molecular flexibility index (Phi) is 8.97. The molecule has 0 saturated heterocycles. The zero-order valence-electron chi connectivity index (χ0n) is 17.9. The summed E-state index contributed by atoms with van der Waals surface area (Å²) < 4.78 is 54.7. The van der Waals surface area contributed by atoms with E-state index in [0.717, 1.165) is 24.3 Å². The summed E-state index contributed by atoms with van der Waals surface area (Å²) in [4.78, 5) is 0. The molecular formula is C23H28F4O6. The van der Waals surface area contributed by atoms with Gasteiger partial charge in [0.05, 0.1) is 12.2 Å². The Balaban J connectivity index is 2.54. The van der Waals surface area contributed by atoms with Crippen LogP contribution in [0.15, 0.2) is 36.4 Å². The highest BCUT2D eigenvalue weighted by molar-refractivity contribution is 5.25. The summed E-state index contributed by atoms with van der Waals surface area (Å²) in [7, 11) is 0. The van der Waals surface area contributed by atoms with Crippen molar-refractivity contribution in [3.05, 3.63) is 70.8 Å². The molecule has 2 rings (SSSR count). The zero-order chi connectivity index (χ0) is 25.0. The third-order valence-electron chi connectivity index (χ3n) is 5.57. The first kappa shape index (κ1) is 27.2. The fourth-order valence-corrected chi connectivity index (χ4v) is 4.12. The van der Waals surface area contributed by atoms with Crippen molar-refractivity contribution < 1.29 is 48.2 Å². The van der Waals surface area contributed by atoms with Gasteiger partial charge in [0.1, 0.15) is 47.2 Å². The predicted octanol–water partition coefficient (Wildman–Crippen LogP) is 1.37. The highest BCUT2D eigenvalue weighted by atomic mass is 19.1. The SMILES string of the molecule is CCCC(O)(Cc1cc(F)cc(F)c1)[C@@H](O)[C@@](O)(Cc1cc(F)cc(F)c1)[C@H](O)[C@@H](O)CO. The summed E-state index contributed by atoms with van der Waals surface area (Å²) in [6.07, 6.45) is -8.00. The van der Waals surface area contributed by atoms with E-state index in [2.05, 4.69) is 0 Å². The van der Waals surface area contributed by atoms with Gasteiger partial charge in [-0.25, -0.2) is 17.6 Å². The van der Waals surface area contributed by atoms with E-state index >= 15 is 0 Å². The van der Waals surface area contributed by atoms with Crippen LogP contribution in [0.5, 0.6) is 0 Å². The number of hydrogen-bond donors (Lipinski definition) is 6. The average molecular weight is 476 g/mol. The minimum Gasteiger partial charge on any atom is -0.394 e. The maximum Gasteiger partial charge on any atom is 0.126 e. The van der Waals surface area contributed by atoms with Crippen molar-refractivity contribution in [2.45, 2.75) is 62.1 Å². The monoisotopic (exact) mass is 476 g/mol. The minimum absolute atomic E-state index is 0.0705. The number of aliphatic hydroxyl groups excluding tert-OH is 4. The molecule has 0 saturated carbocycles. The van der Waals surface area contributed by atoms with Crippen molar-refractivity contribution in [3.63, 3.8) is 0 Å². The van der Waals surface area contributed by atoms with Crippen molar-refractivity contribution in [1.82, 2.24) is 0 Å². The first-order valence-electron chi connectivity index (χ1n) is 10.3. The molecule has 10 heteroatoms. The topological polar surface area (TPSA) is 121 Å². The van der Waals surface area contributed by atoms with Gasteiger partial charge < -0.3 is 30.6 Å². The predicted molar refractivity (Wildman–Crippen MR) is 110 cm³/mol. The van der Waals surface area contributed by atoms with Crippen LogP contribution in [0.3, 0.4) is 0 Å². The van der Waals surface area contributed by atoms with Gasteiger partial charge in [-0.1, -0.05) is 13.3 Å². The van der Waals surface area contributed by atoms with Crippen LogP contribution in [0, 0.1) is 23.3 Å². The molecule has 5 atom stereocenters. The number of hydrogen-bond acceptors (Lipinski definition) is 6. The first-order valence-corrected chi connectivity index (χ1v) is 10.3. The second-order valence-electron chi connectivity index (χ2n) is 8.35. The number of rotatable bonds is 11. The summed E-state index contributed by atoms with van der Waals surface area (Å²) in [5.41, 5.74) is -5.43. The molecule has 2 aromatic rings. The number of aliphatic hydroxyl groups is 6. The Labute approximate surface area is 188 Å². The Morgan fingerprint density at radius 3 is 1.58 bits per heavy atom. The Hall–Kier alpha value is -2.08. The van der Waals surface area contributed by atoms with E-state index in [0.29, 0.717) is 12.1 Å². The lowest BCUT2D eigenvalue weighted by molar-refractivity contribution is -0.230. The maximum atomic E-state index is 13.7. The van der Waals surface area contributed by atoms with Gasteiger partial charge in [-0.05, 0) is 41.8 Å². The third-order valence-corrected chi connectivity index (χ3v) is 5.57. The van der Waals surface area contributed by atoms with Gasteiger partial charge >= 0.3 is 0 Å². The van der Waals surface area contributed by atoms with Gasteiger partial charge in [0.25, 0.3) is 0 Å². The molecule has 0 aliphatic carbocycles. The maximum absolute atomic E-state index is 13.7. The summed E-state index contributed by atoms with van der Waals surface area (Å²) in [5.74, 6) is -3.92. The van der Waals surface area contributed by atoms with E-state index < -0.39 is 72.2 Å². The first-order chi connectivity index (χ1) is 15.3. The molecule has 0 aliphatic rings. The molecule has 0 amide bonds. The highest BCUT2D eigenvalue weighted by Crippen LogP contribution is 2.35. The summed E-state index contributed by atoms with van der Waals surface area (Å²) in [6, 6.07) is 4.63. The summed E-state index contributed by atoms with van der Waals surface area (Å²) in [5, 5.41) is 63.4. The zero-order valence-corrected chi connectivity index (χ0v) is 17.9. The van der Waals surface area contributed by atoms with Gasteiger partial charge in [-0.2, -0.15) is 0 Å². The summed E-state index contributed by atoms with van der Waals surface area (Å²) >= 11 is 0. The molecular weight excluding hydrogens is 448 g/mol. The fourth-order valence-electron chi connectivity index (χ4n) is 4.12. The smallest absolute Gasteiger partial charge is 0.126 e.